The first-order valence-corrected chi connectivity index (χ1v) is 5.61. The molecule has 1 aliphatic heterocycles. The summed E-state index contributed by atoms with van der Waals surface area (Å²) in [7, 11) is 0. The van der Waals surface area contributed by atoms with Gasteiger partial charge in [-0.1, -0.05) is 37.3 Å². The summed E-state index contributed by atoms with van der Waals surface area (Å²) in [5, 5.41) is 0. The molecule has 0 aromatic heterocycles. The lowest BCUT2D eigenvalue weighted by Crippen LogP contribution is -2.16. The Balaban J connectivity index is 2.11. The summed E-state index contributed by atoms with van der Waals surface area (Å²) in [6.07, 6.45) is 1.32. The second kappa shape index (κ2) is 4.47. The molecule has 1 aliphatic rings. The van der Waals surface area contributed by atoms with E-state index in [0.717, 1.165) is 25.4 Å². The molecule has 1 aromatic rings. The first-order chi connectivity index (χ1) is 7.29. The Morgan fingerprint density at radius 3 is 2.73 bits per heavy atom. The highest BCUT2D eigenvalue weighted by atomic mass is 16.5. The van der Waals surface area contributed by atoms with E-state index in [1.165, 1.54) is 5.56 Å². The van der Waals surface area contributed by atoms with E-state index in [0.29, 0.717) is 6.10 Å². The van der Waals surface area contributed by atoms with Crippen LogP contribution in [0.1, 0.15) is 25.8 Å². The van der Waals surface area contributed by atoms with Gasteiger partial charge in [-0.05, 0) is 6.92 Å². The molecule has 0 bridgehead atoms. The van der Waals surface area contributed by atoms with Gasteiger partial charge in [0.05, 0.1) is 6.42 Å². The average molecular weight is 204 g/mol. The molecule has 15 heavy (non-hydrogen) atoms. The second-order valence-corrected chi connectivity index (χ2v) is 4.04. The Morgan fingerprint density at radius 2 is 2.07 bits per heavy atom. The molecule has 0 aliphatic carbocycles. The van der Waals surface area contributed by atoms with Gasteiger partial charge in [-0.15, -0.1) is 0 Å². The predicted octanol–water partition coefficient (Wildman–Crippen LogP) is 2.43. The Hall–Kier alpha value is -1.31. The van der Waals surface area contributed by atoms with Gasteiger partial charge < -0.3 is 4.74 Å². The van der Waals surface area contributed by atoms with Crippen LogP contribution in [0, 0.1) is 0 Å². The standard InChI is InChI=1S/C13H18NO/c1-3-13-14(9-11(2)15-13)10-12-7-5-4-6-8-12/h4-8,11H,3,9-10H2,1-2H3/q+1. The molecule has 0 saturated carbocycles. The van der Waals surface area contributed by atoms with Gasteiger partial charge in [0.25, 0.3) is 0 Å². The summed E-state index contributed by atoms with van der Waals surface area (Å²) in [6.45, 7) is 6.25. The third-order valence-corrected chi connectivity index (χ3v) is 2.69. The van der Waals surface area contributed by atoms with E-state index in [1.807, 2.05) is 0 Å². The Bertz CT molecular complexity index is 356. The molecular formula is C13H18NO+. The highest BCUT2D eigenvalue weighted by molar-refractivity contribution is 5.71. The van der Waals surface area contributed by atoms with E-state index in [-0.39, 0.29) is 0 Å². The van der Waals surface area contributed by atoms with Crippen LogP contribution >= 0.6 is 0 Å². The van der Waals surface area contributed by atoms with E-state index < -0.39 is 0 Å². The van der Waals surface area contributed by atoms with Crippen LogP contribution in [-0.2, 0) is 11.3 Å². The fourth-order valence-corrected chi connectivity index (χ4v) is 2.02. The van der Waals surface area contributed by atoms with Gasteiger partial charge in [0.15, 0.2) is 19.2 Å². The van der Waals surface area contributed by atoms with E-state index in [1.54, 1.807) is 0 Å². The third-order valence-electron chi connectivity index (χ3n) is 2.69. The van der Waals surface area contributed by atoms with E-state index in [2.05, 4.69) is 48.8 Å². The Morgan fingerprint density at radius 1 is 1.33 bits per heavy atom. The topological polar surface area (TPSA) is 12.2 Å². The van der Waals surface area contributed by atoms with Crippen molar-refractivity contribution in [2.75, 3.05) is 6.54 Å². The highest BCUT2D eigenvalue weighted by Gasteiger charge is 2.28. The molecule has 2 nitrogen and oxygen atoms in total. The quantitative estimate of drug-likeness (QED) is 0.689. The average Bonchev–Trinajstić information content (AvgIpc) is 2.60. The lowest BCUT2D eigenvalue weighted by atomic mass is 10.2. The van der Waals surface area contributed by atoms with Gasteiger partial charge in [-0.2, -0.15) is 4.58 Å². The van der Waals surface area contributed by atoms with Crippen LogP contribution in [0.15, 0.2) is 30.3 Å². The van der Waals surface area contributed by atoms with Gasteiger partial charge in [-0.3, -0.25) is 0 Å². The van der Waals surface area contributed by atoms with Crippen LogP contribution in [-0.4, -0.2) is 23.1 Å². The van der Waals surface area contributed by atoms with Gasteiger partial charge >= 0.3 is 5.90 Å². The van der Waals surface area contributed by atoms with Gasteiger partial charge in [-0.25, -0.2) is 0 Å². The van der Waals surface area contributed by atoms with Crippen molar-refractivity contribution in [1.82, 2.24) is 0 Å². The van der Waals surface area contributed by atoms with E-state index in [4.69, 9.17) is 4.74 Å². The third kappa shape index (κ3) is 2.38. The molecule has 0 amide bonds. The largest absolute Gasteiger partial charge is 0.438 e. The summed E-state index contributed by atoms with van der Waals surface area (Å²) in [5.74, 6) is 1.13. The maximum Gasteiger partial charge on any atom is 0.336 e. The van der Waals surface area contributed by atoms with Crippen molar-refractivity contribution in [3.05, 3.63) is 35.9 Å². The summed E-state index contributed by atoms with van der Waals surface area (Å²) < 4.78 is 8.07. The molecule has 0 radical (unpaired) electrons. The monoisotopic (exact) mass is 204 g/mol. The van der Waals surface area contributed by atoms with Gasteiger partial charge in [0.2, 0.25) is 0 Å². The van der Waals surface area contributed by atoms with Gasteiger partial charge in [0, 0.05) is 5.56 Å². The van der Waals surface area contributed by atoms with Crippen molar-refractivity contribution in [3.63, 3.8) is 0 Å². The predicted molar refractivity (Wildman–Crippen MR) is 61.1 cm³/mol. The number of ether oxygens (including phenoxy) is 1. The summed E-state index contributed by atoms with van der Waals surface area (Å²) in [5.41, 5.74) is 1.35. The minimum Gasteiger partial charge on any atom is -0.438 e. The SMILES string of the molecule is CCC1=[N+](Cc2ccccc2)CC(C)O1. The zero-order chi connectivity index (χ0) is 10.7. The molecule has 1 heterocycles. The number of hydrogen-bond acceptors (Lipinski definition) is 1. The van der Waals surface area contributed by atoms with Crippen LogP contribution in [0.4, 0.5) is 0 Å². The Kier molecular flexibility index (Phi) is 3.05. The van der Waals surface area contributed by atoms with Crippen LogP contribution in [0.25, 0.3) is 0 Å². The van der Waals surface area contributed by atoms with E-state index >= 15 is 0 Å². The molecule has 1 atom stereocenters. The van der Waals surface area contributed by atoms with Crippen molar-refractivity contribution in [2.24, 2.45) is 0 Å². The highest BCUT2D eigenvalue weighted by Crippen LogP contribution is 2.10. The second-order valence-electron chi connectivity index (χ2n) is 4.04. The molecule has 80 valence electrons. The number of hydrogen-bond donors (Lipinski definition) is 0. The van der Waals surface area contributed by atoms with Crippen LogP contribution in [0.5, 0.6) is 0 Å². The fourth-order valence-electron chi connectivity index (χ4n) is 2.02. The summed E-state index contributed by atoms with van der Waals surface area (Å²) in [6, 6.07) is 10.5. The summed E-state index contributed by atoms with van der Waals surface area (Å²) in [4.78, 5) is 0. The molecule has 2 rings (SSSR count). The minimum atomic E-state index is 0.337. The van der Waals surface area contributed by atoms with Crippen LogP contribution in [0.2, 0.25) is 0 Å². The summed E-state index contributed by atoms with van der Waals surface area (Å²) >= 11 is 0. The minimum absolute atomic E-state index is 0.337. The molecule has 1 aromatic carbocycles. The van der Waals surface area contributed by atoms with Crippen molar-refractivity contribution < 1.29 is 9.31 Å². The molecular weight excluding hydrogens is 186 g/mol. The molecule has 0 N–H and O–H groups in total. The lowest BCUT2D eigenvalue weighted by Gasteiger charge is -1.98. The number of rotatable bonds is 3. The van der Waals surface area contributed by atoms with E-state index in [9.17, 15) is 0 Å². The number of nitrogens with zero attached hydrogens (tertiary/aromatic N) is 1. The first kappa shape index (κ1) is 10.2. The van der Waals surface area contributed by atoms with Crippen LogP contribution in [0.3, 0.4) is 0 Å². The Labute approximate surface area is 91.2 Å². The maximum atomic E-state index is 5.74. The molecule has 1 unspecified atom stereocenters. The van der Waals surface area contributed by atoms with Crippen molar-refractivity contribution in [1.29, 1.82) is 0 Å². The zero-order valence-electron chi connectivity index (χ0n) is 9.44. The first-order valence-electron chi connectivity index (χ1n) is 5.61. The smallest absolute Gasteiger partial charge is 0.336 e. The maximum absolute atomic E-state index is 5.74. The molecule has 0 spiro atoms. The van der Waals surface area contributed by atoms with Crippen molar-refractivity contribution >= 4 is 5.90 Å². The zero-order valence-corrected chi connectivity index (χ0v) is 9.44. The van der Waals surface area contributed by atoms with Crippen LogP contribution < -0.4 is 0 Å². The molecule has 0 fully saturated rings. The normalized spacial score (nSPS) is 20.5. The molecule has 2 heteroatoms. The van der Waals surface area contributed by atoms with Gasteiger partial charge in [0.1, 0.15) is 0 Å². The molecule has 0 saturated heterocycles. The van der Waals surface area contributed by atoms with Crippen molar-refractivity contribution in [3.8, 4) is 0 Å². The lowest BCUT2D eigenvalue weighted by molar-refractivity contribution is -0.538. The fraction of sp³-hybridized carbons (Fsp3) is 0.462. The number of benzene rings is 1. The van der Waals surface area contributed by atoms with Crippen molar-refractivity contribution in [2.45, 2.75) is 32.9 Å².